The van der Waals surface area contributed by atoms with Gasteiger partial charge in [-0.2, -0.15) is 0 Å². The fourth-order valence-corrected chi connectivity index (χ4v) is 2.87. The van der Waals surface area contributed by atoms with Gasteiger partial charge in [-0.25, -0.2) is 0 Å². The molecule has 9 heteroatoms. The predicted molar refractivity (Wildman–Crippen MR) is 88.6 cm³/mol. The van der Waals surface area contributed by atoms with E-state index in [1.54, 1.807) is 13.2 Å². The third kappa shape index (κ3) is 8.58. The first-order chi connectivity index (χ1) is 11.0. The summed E-state index contributed by atoms with van der Waals surface area (Å²) < 4.78 is 4.84. The molecule has 1 aliphatic rings. The van der Waals surface area contributed by atoms with Crippen LogP contribution in [0.15, 0.2) is 12.7 Å². The molecule has 1 saturated heterocycles. The number of carbonyl (C=O) groups is 3. The first-order valence-corrected chi connectivity index (χ1v) is 8.40. The Bertz CT molecular complexity index is 433. The van der Waals surface area contributed by atoms with Crippen molar-refractivity contribution in [2.75, 3.05) is 32.6 Å². The number of hydrogen-bond acceptors (Lipinski definition) is 6. The summed E-state index contributed by atoms with van der Waals surface area (Å²) in [5.41, 5.74) is -0.387. The summed E-state index contributed by atoms with van der Waals surface area (Å²) >= 11 is 1.27. The van der Waals surface area contributed by atoms with Crippen LogP contribution >= 0.6 is 11.8 Å². The highest BCUT2D eigenvalue weighted by Gasteiger charge is 2.27. The zero-order valence-corrected chi connectivity index (χ0v) is 14.0. The van der Waals surface area contributed by atoms with Crippen LogP contribution in [0.3, 0.4) is 0 Å². The molecule has 0 aromatic heterocycles. The Morgan fingerprint density at radius 1 is 1.43 bits per heavy atom. The van der Waals surface area contributed by atoms with Crippen LogP contribution in [0, 0.1) is 0 Å². The van der Waals surface area contributed by atoms with E-state index >= 15 is 0 Å². The van der Waals surface area contributed by atoms with Crippen LogP contribution in [-0.4, -0.2) is 61.8 Å². The van der Waals surface area contributed by atoms with E-state index < -0.39 is 0 Å². The number of hydrogen-bond donors (Lipinski definition) is 4. The number of nitrogens with one attached hydrogen (secondary N) is 4. The number of thioether (sulfide) groups is 1. The molecule has 0 aromatic carbocycles. The molecule has 23 heavy (non-hydrogen) atoms. The molecule has 0 aromatic rings. The predicted octanol–water partition coefficient (Wildman–Crippen LogP) is -1.06. The van der Waals surface area contributed by atoms with Crippen LogP contribution in [0.1, 0.15) is 12.8 Å². The molecule has 1 rings (SSSR count). The van der Waals surface area contributed by atoms with Crippen LogP contribution in [0.2, 0.25) is 0 Å². The van der Waals surface area contributed by atoms with E-state index in [1.165, 1.54) is 11.8 Å². The number of amides is 3. The summed E-state index contributed by atoms with van der Waals surface area (Å²) in [6, 6.07) is -0.248. The number of ether oxygens (including phenoxy) is 1. The fourth-order valence-electron chi connectivity index (χ4n) is 1.95. The van der Waals surface area contributed by atoms with Gasteiger partial charge in [0.2, 0.25) is 17.7 Å². The molecule has 0 radical (unpaired) electrons. The maximum Gasteiger partial charge on any atom is 0.230 e. The molecule has 0 bridgehead atoms. The van der Waals surface area contributed by atoms with Crippen molar-refractivity contribution in [2.45, 2.75) is 24.4 Å². The van der Waals surface area contributed by atoms with E-state index in [0.717, 1.165) is 0 Å². The minimum Gasteiger partial charge on any atom is -0.383 e. The molecule has 130 valence electrons. The van der Waals surface area contributed by atoms with Crippen molar-refractivity contribution in [3.05, 3.63) is 12.7 Å². The Hall–Kier alpha value is -1.58. The lowest BCUT2D eigenvalue weighted by Gasteiger charge is -2.30. The Balaban J connectivity index is 2.33. The molecule has 1 heterocycles. The summed E-state index contributed by atoms with van der Waals surface area (Å²) in [7, 11) is 1.56. The zero-order chi connectivity index (χ0) is 17.1. The third-order valence-corrected chi connectivity index (χ3v) is 4.01. The Morgan fingerprint density at radius 3 is 2.91 bits per heavy atom. The summed E-state index contributed by atoms with van der Waals surface area (Å²) in [6.45, 7) is 4.83. The molecule has 8 nitrogen and oxygen atoms in total. The van der Waals surface area contributed by atoms with Crippen LogP contribution in [-0.2, 0) is 19.1 Å². The molecular weight excluding hydrogens is 320 g/mol. The monoisotopic (exact) mass is 344 g/mol. The van der Waals surface area contributed by atoms with Crippen molar-refractivity contribution < 1.29 is 19.1 Å². The standard InChI is InChI=1S/C14H24N4O4S/c1-3-4-15-11(19)7-10-8-12(20)18-14(17-10)23-9-13(21)16-5-6-22-2/h3,10,14,17H,1,4-9H2,2H3,(H,15,19)(H,16,21)(H,18,20). The number of carbonyl (C=O) groups excluding carboxylic acids is 3. The van der Waals surface area contributed by atoms with E-state index in [4.69, 9.17) is 4.74 Å². The van der Waals surface area contributed by atoms with Gasteiger partial charge < -0.3 is 20.7 Å². The lowest BCUT2D eigenvalue weighted by atomic mass is 10.1. The van der Waals surface area contributed by atoms with Gasteiger partial charge in [-0.1, -0.05) is 6.08 Å². The molecule has 1 aliphatic heterocycles. The normalized spacial score (nSPS) is 20.5. The maximum atomic E-state index is 11.7. The van der Waals surface area contributed by atoms with Crippen molar-refractivity contribution in [1.82, 2.24) is 21.3 Å². The van der Waals surface area contributed by atoms with Gasteiger partial charge >= 0.3 is 0 Å². The van der Waals surface area contributed by atoms with Crippen molar-refractivity contribution in [1.29, 1.82) is 0 Å². The fraction of sp³-hybridized carbons (Fsp3) is 0.643. The van der Waals surface area contributed by atoms with Crippen LogP contribution < -0.4 is 21.3 Å². The van der Waals surface area contributed by atoms with Crippen LogP contribution in [0.25, 0.3) is 0 Å². The SMILES string of the molecule is C=CCNC(=O)CC1CC(=O)NC(SCC(=O)NCCOC)N1. The minimum atomic E-state index is -0.387. The highest BCUT2D eigenvalue weighted by atomic mass is 32.2. The molecule has 3 amide bonds. The average Bonchev–Trinajstić information content (AvgIpc) is 2.50. The lowest BCUT2D eigenvalue weighted by molar-refractivity contribution is -0.125. The summed E-state index contributed by atoms with van der Waals surface area (Å²) in [5, 5.41) is 11.3. The first-order valence-electron chi connectivity index (χ1n) is 7.35. The van der Waals surface area contributed by atoms with Crippen LogP contribution in [0.5, 0.6) is 0 Å². The van der Waals surface area contributed by atoms with E-state index in [0.29, 0.717) is 19.7 Å². The van der Waals surface area contributed by atoms with Gasteiger partial charge in [-0.15, -0.1) is 18.3 Å². The Kier molecular flexibility index (Phi) is 9.34. The quantitative estimate of drug-likeness (QED) is 0.297. The number of methoxy groups -OCH3 is 1. The first kappa shape index (κ1) is 19.5. The maximum absolute atomic E-state index is 11.7. The highest BCUT2D eigenvalue weighted by Crippen LogP contribution is 2.13. The van der Waals surface area contributed by atoms with Gasteiger partial charge in [0, 0.05) is 39.1 Å². The minimum absolute atomic E-state index is 0.131. The molecule has 1 fully saturated rings. The van der Waals surface area contributed by atoms with Gasteiger partial charge in [0.05, 0.1) is 12.4 Å². The molecule has 0 spiro atoms. The lowest BCUT2D eigenvalue weighted by Crippen LogP contribution is -2.56. The molecule has 2 unspecified atom stereocenters. The van der Waals surface area contributed by atoms with Gasteiger partial charge in [0.25, 0.3) is 0 Å². The van der Waals surface area contributed by atoms with Crippen LogP contribution in [0.4, 0.5) is 0 Å². The van der Waals surface area contributed by atoms with E-state index in [9.17, 15) is 14.4 Å². The average molecular weight is 344 g/mol. The molecule has 0 aliphatic carbocycles. The molecule has 4 N–H and O–H groups in total. The van der Waals surface area contributed by atoms with E-state index in [1.807, 2.05) is 0 Å². The number of rotatable bonds is 10. The molecular formula is C14H24N4O4S. The largest absolute Gasteiger partial charge is 0.383 e. The summed E-state index contributed by atoms with van der Waals surface area (Å²) in [5.74, 6) is -0.202. The van der Waals surface area contributed by atoms with E-state index in [-0.39, 0.29) is 47.9 Å². The van der Waals surface area contributed by atoms with Gasteiger partial charge in [0.1, 0.15) is 5.50 Å². The van der Waals surface area contributed by atoms with Gasteiger partial charge in [-0.05, 0) is 0 Å². The van der Waals surface area contributed by atoms with Crippen molar-refractivity contribution in [2.24, 2.45) is 0 Å². The van der Waals surface area contributed by atoms with Gasteiger partial charge in [0.15, 0.2) is 0 Å². The van der Waals surface area contributed by atoms with E-state index in [2.05, 4.69) is 27.8 Å². The summed E-state index contributed by atoms with van der Waals surface area (Å²) in [4.78, 5) is 35.0. The molecule has 0 saturated carbocycles. The Morgan fingerprint density at radius 2 is 2.22 bits per heavy atom. The second kappa shape index (κ2) is 11.0. The zero-order valence-electron chi connectivity index (χ0n) is 13.2. The smallest absolute Gasteiger partial charge is 0.230 e. The Labute approximate surface area is 140 Å². The van der Waals surface area contributed by atoms with Crippen molar-refractivity contribution in [3.8, 4) is 0 Å². The molecule has 2 atom stereocenters. The van der Waals surface area contributed by atoms with Crippen molar-refractivity contribution >= 4 is 29.5 Å². The summed E-state index contributed by atoms with van der Waals surface area (Å²) in [6.07, 6.45) is 2.04. The second-order valence-electron chi connectivity index (χ2n) is 4.97. The highest BCUT2D eigenvalue weighted by molar-refractivity contribution is 8.00. The second-order valence-corrected chi connectivity index (χ2v) is 6.06. The van der Waals surface area contributed by atoms with Crippen molar-refractivity contribution in [3.63, 3.8) is 0 Å². The topological polar surface area (TPSA) is 109 Å². The van der Waals surface area contributed by atoms with Gasteiger partial charge in [-0.3, -0.25) is 19.7 Å². The third-order valence-electron chi connectivity index (χ3n) is 3.00.